The van der Waals surface area contributed by atoms with E-state index in [9.17, 15) is 9.59 Å². The lowest BCUT2D eigenvalue weighted by Gasteiger charge is -1.81. The average Bonchev–Trinajstić information content (AvgIpc) is 2.59. The number of hydrogen-bond acceptors (Lipinski definition) is 4. The minimum atomic E-state index is -0.669. The van der Waals surface area contributed by atoms with Gasteiger partial charge in [0.15, 0.2) is 17.8 Å². The number of fused-ring (bicyclic) bond motifs is 1. The standard InChI is InChI=1S/C8H5N3O2/c12-4-6(13)8-10-5-2-1-3-9-7(5)11-8/h1-4H,(H,9,10,11). The Morgan fingerprint density at radius 2 is 2.38 bits per heavy atom. The average molecular weight is 175 g/mol. The molecule has 1 N–H and O–H groups in total. The van der Waals surface area contributed by atoms with Gasteiger partial charge < -0.3 is 4.98 Å². The Morgan fingerprint density at radius 1 is 1.54 bits per heavy atom. The van der Waals surface area contributed by atoms with E-state index in [1.54, 1.807) is 18.3 Å². The summed E-state index contributed by atoms with van der Waals surface area (Å²) < 4.78 is 0. The number of H-pyrrole nitrogens is 1. The lowest BCUT2D eigenvalue weighted by Crippen LogP contribution is -2.01. The van der Waals surface area contributed by atoms with Crippen molar-refractivity contribution in [3.63, 3.8) is 0 Å². The Bertz CT molecular complexity index is 442. The first kappa shape index (κ1) is 7.60. The number of Topliss-reactive ketones (excluding diaryl/α,β-unsaturated/α-hetero) is 1. The van der Waals surface area contributed by atoms with Gasteiger partial charge in [0.25, 0.3) is 5.78 Å². The Hall–Kier alpha value is -2.04. The third-order valence-electron chi connectivity index (χ3n) is 1.60. The quantitative estimate of drug-likeness (QED) is 0.405. The van der Waals surface area contributed by atoms with Crippen molar-refractivity contribution in [3.8, 4) is 0 Å². The zero-order valence-electron chi connectivity index (χ0n) is 6.52. The maximum atomic E-state index is 10.9. The highest BCUT2D eigenvalue weighted by molar-refractivity contribution is 6.32. The summed E-state index contributed by atoms with van der Waals surface area (Å²) in [6, 6.07) is 3.45. The van der Waals surface area contributed by atoms with Gasteiger partial charge in [-0.15, -0.1) is 0 Å². The monoisotopic (exact) mass is 175 g/mol. The highest BCUT2D eigenvalue weighted by atomic mass is 16.2. The van der Waals surface area contributed by atoms with Crippen molar-refractivity contribution in [2.45, 2.75) is 0 Å². The number of hydrogen-bond donors (Lipinski definition) is 1. The second kappa shape index (κ2) is 2.78. The first-order valence-electron chi connectivity index (χ1n) is 3.61. The molecule has 0 unspecified atom stereocenters. The number of pyridine rings is 1. The highest BCUT2D eigenvalue weighted by Gasteiger charge is 2.09. The molecule has 0 bridgehead atoms. The predicted molar refractivity (Wildman–Crippen MR) is 44.3 cm³/mol. The number of imidazole rings is 1. The van der Waals surface area contributed by atoms with Crippen molar-refractivity contribution in [1.29, 1.82) is 0 Å². The fraction of sp³-hybridized carbons (Fsp3) is 0. The van der Waals surface area contributed by atoms with Gasteiger partial charge in [-0.3, -0.25) is 9.59 Å². The van der Waals surface area contributed by atoms with E-state index in [0.29, 0.717) is 11.2 Å². The summed E-state index contributed by atoms with van der Waals surface area (Å²) in [5.41, 5.74) is 1.08. The molecule has 0 aliphatic carbocycles. The Morgan fingerprint density at radius 3 is 3.08 bits per heavy atom. The third-order valence-corrected chi connectivity index (χ3v) is 1.60. The summed E-state index contributed by atoms with van der Waals surface area (Å²) in [4.78, 5) is 31.5. The van der Waals surface area contributed by atoms with E-state index in [1.807, 2.05) is 0 Å². The molecule has 2 aromatic heterocycles. The van der Waals surface area contributed by atoms with E-state index in [2.05, 4.69) is 15.0 Å². The number of aromatic nitrogens is 3. The van der Waals surface area contributed by atoms with Crippen LogP contribution in [0.2, 0.25) is 0 Å². The normalized spacial score (nSPS) is 10.2. The number of rotatable bonds is 2. The molecule has 0 atom stereocenters. The second-order valence-corrected chi connectivity index (χ2v) is 2.44. The minimum Gasteiger partial charge on any atom is -0.334 e. The summed E-state index contributed by atoms with van der Waals surface area (Å²) >= 11 is 0. The molecule has 0 saturated heterocycles. The molecule has 0 aliphatic heterocycles. The number of carbonyl (C=O) groups is 2. The van der Waals surface area contributed by atoms with E-state index >= 15 is 0 Å². The van der Waals surface area contributed by atoms with Gasteiger partial charge in [-0.1, -0.05) is 0 Å². The van der Waals surface area contributed by atoms with Crippen molar-refractivity contribution in [2.24, 2.45) is 0 Å². The van der Waals surface area contributed by atoms with Gasteiger partial charge >= 0.3 is 0 Å². The second-order valence-electron chi connectivity index (χ2n) is 2.44. The molecule has 13 heavy (non-hydrogen) atoms. The molecule has 0 spiro atoms. The Balaban J connectivity index is 2.62. The molecule has 0 aliphatic rings. The van der Waals surface area contributed by atoms with Gasteiger partial charge in [-0.25, -0.2) is 9.97 Å². The van der Waals surface area contributed by atoms with Gasteiger partial charge in [0.1, 0.15) is 0 Å². The molecular formula is C8H5N3O2. The summed E-state index contributed by atoms with van der Waals surface area (Å²) in [5.74, 6) is -0.637. The molecular weight excluding hydrogens is 170 g/mol. The molecule has 2 rings (SSSR count). The van der Waals surface area contributed by atoms with Crippen LogP contribution >= 0.6 is 0 Å². The van der Waals surface area contributed by atoms with Crippen LogP contribution in [-0.4, -0.2) is 27.0 Å². The van der Waals surface area contributed by atoms with Crippen LogP contribution in [0.5, 0.6) is 0 Å². The summed E-state index contributed by atoms with van der Waals surface area (Å²) in [6.07, 6.45) is 1.79. The van der Waals surface area contributed by atoms with Crippen LogP contribution < -0.4 is 0 Å². The molecule has 0 saturated carbocycles. The van der Waals surface area contributed by atoms with Crippen LogP contribution in [0.15, 0.2) is 18.3 Å². The van der Waals surface area contributed by atoms with Gasteiger partial charge in [-0.05, 0) is 12.1 Å². The molecule has 5 nitrogen and oxygen atoms in total. The predicted octanol–water partition coefficient (Wildman–Crippen LogP) is 0.340. The molecule has 64 valence electrons. The highest BCUT2D eigenvalue weighted by Crippen LogP contribution is 2.06. The summed E-state index contributed by atoms with van der Waals surface area (Å²) in [6.45, 7) is 0. The van der Waals surface area contributed by atoms with Gasteiger partial charge in [0, 0.05) is 6.20 Å². The lowest BCUT2D eigenvalue weighted by atomic mass is 10.4. The van der Waals surface area contributed by atoms with Gasteiger partial charge in [0.2, 0.25) is 0 Å². The fourth-order valence-electron chi connectivity index (χ4n) is 1.02. The van der Waals surface area contributed by atoms with Crippen LogP contribution in [0.3, 0.4) is 0 Å². The number of ketones is 1. The maximum absolute atomic E-state index is 10.9. The van der Waals surface area contributed by atoms with Crippen molar-refractivity contribution in [2.75, 3.05) is 0 Å². The first-order valence-corrected chi connectivity index (χ1v) is 3.61. The van der Waals surface area contributed by atoms with Crippen LogP contribution in [0.1, 0.15) is 10.6 Å². The smallest absolute Gasteiger partial charge is 0.260 e. The molecule has 2 heterocycles. The summed E-state index contributed by atoms with van der Waals surface area (Å²) in [5, 5.41) is 0. The molecule has 5 heteroatoms. The van der Waals surface area contributed by atoms with E-state index in [4.69, 9.17) is 0 Å². The van der Waals surface area contributed by atoms with E-state index in [0.717, 1.165) is 0 Å². The van der Waals surface area contributed by atoms with E-state index in [1.165, 1.54) is 0 Å². The van der Waals surface area contributed by atoms with Crippen LogP contribution in [0.25, 0.3) is 11.2 Å². The molecule has 0 fully saturated rings. The number of aldehydes is 1. The molecule has 0 aromatic carbocycles. The lowest BCUT2D eigenvalue weighted by molar-refractivity contribution is -0.104. The SMILES string of the molecule is O=CC(=O)c1nc2ncccc2[nH]1. The number of nitrogens with one attached hydrogen (secondary N) is 1. The van der Waals surface area contributed by atoms with Crippen LogP contribution in [0.4, 0.5) is 0 Å². The van der Waals surface area contributed by atoms with Crippen molar-refractivity contribution in [3.05, 3.63) is 24.2 Å². The van der Waals surface area contributed by atoms with E-state index < -0.39 is 5.78 Å². The minimum absolute atomic E-state index is 0.0312. The molecule has 2 aromatic rings. The number of carbonyl (C=O) groups excluding carboxylic acids is 2. The molecule has 0 radical (unpaired) electrons. The van der Waals surface area contributed by atoms with Crippen molar-refractivity contribution in [1.82, 2.24) is 15.0 Å². The topological polar surface area (TPSA) is 75.7 Å². The van der Waals surface area contributed by atoms with Crippen molar-refractivity contribution < 1.29 is 9.59 Å². The van der Waals surface area contributed by atoms with Crippen LogP contribution in [-0.2, 0) is 4.79 Å². The van der Waals surface area contributed by atoms with Gasteiger partial charge in [0.05, 0.1) is 5.52 Å². The molecule has 0 amide bonds. The van der Waals surface area contributed by atoms with Crippen LogP contribution in [0, 0.1) is 0 Å². The van der Waals surface area contributed by atoms with Gasteiger partial charge in [-0.2, -0.15) is 0 Å². The third kappa shape index (κ3) is 1.20. The summed E-state index contributed by atoms with van der Waals surface area (Å²) in [7, 11) is 0. The Labute approximate surface area is 72.8 Å². The Kier molecular flexibility index (Phi) is 1.63. The maximum Gasteiger partial charge on any atom is 0.260 e. The number of aromatic amines is 1. The van der Waals surface area contributed by atoms with E-state index in [-0.39, 0.29) is 12.1 Å². The first-order chi connectivity index (χ1) is 6.31. The number of nitrogens with zero attached hydrogens (tertiary/aromatic N) is 2. The van der Waals surface area contributed by atoms with Crippen molar-refractivity contribution >= 4 is 23.2 Å². The fourth-order valence-corrected chi connectivity index (χ4v) is 1.02. The zero-order chi connectivity index (χ0) is 9.26. The zero-order valence-corrected chi connectivity index (χ0v) is 6.52. The largest absolute Gasteiger partial charge is 0.334 e.